The fourth-order valence-electron chi connectivity index (χ4n) is 2.87. The first-order valence-corrected chi connectivity index (χ1v) is 8.56. The van der Waals surface area contributed by atoms with Crippen LogP contribution in [-0.4, -0.2) is 30.8 Å². The quantitative estimate of drug-likeness (QED) is 0.746. The van der Waals surface area contributed by atoms with E-state index in [-0.39, 0.29) is 30.2 Å². The van der Waals surface area contributed by atoms with Gasteiger partial charge in [0.1, 0.15) is 0 Å². The Morgan fingerprint density at radius 1 is 1.08 bits per heavy atom. The lowest BCUT2D eigenvalue weighted by atomic mass is 9.88. The molecule has 1 aromatic carbocycles. The van der Waals surface area contributed by atoms with Gasteiger partial charge in [0.25, 0.3) is 5.91 Å². The van der Waals surface area contributed by atoms with Crippen molar-refractivity contribution in [1.82, 2.24) is 10.6 Å². The van der Waals surface area contributed by atoms with E-state index < -0.39 is 0 Å². The van der Waals surface area contributed by atoms with Crippen LogP contribution >= 0.6 is 0 Å². The van der Waals surface area contributed by atoms with Gasteiger partial charge in [-0.2, -0.15) is 0 Å². The van der Waals surface area contributed by atoms with Gasteiger partial charge in [0.05, 0.1) is 6.54 Å². The van der Waals surface area contributed by atoms with Gasteiger partial charge in [-0.3, -0.25) is 14.4 Å². The molecule has 0 unspecified atom stereocenters. The number of amides is 3. The molecule has 3 N–H and O–H groups in total. The fourth-order valence-corrected chi connectivity index (χ4v) is 2.87. The van der Waals surface area contributed by atoms with Crippen LogP contribution < -0.4 is 16.0 Å². The van der Waals surface area contributed by atoms with Gasteiger partial charge in [-0.15, -0.1) is 0 Å². The van der Waals surface area contributed by atoms with E-state index >= 15 is 0 Å². The van der Waals surface area contributed by atoms with Gasteiger partial charge < -0.3 is 16.0 Å². The van der Waals surface area contributed by atoms with Crippen molar-refractivity contribution >= 4 is 23.4 Å². The second-order valence-corrected chi connectivity index (χ2v) is 6.04. The largest absolute Gasteiger partial charge is 0.355 e. The van der Waals surface area contributed by atoms with E-state index in [1.54, 1.807) is 24.3 Å². The van der Waals surface area contributed by atoms with Crippen LogP contribution in [0.1, 0.15) is 49.4 Å². The monoisotopic (exact) mass is 331 g/mol. The lowest BCUT2D eigenvalue weighted by Crippen LogP contribution is -2.36. The van der Waals surface area contributed by atoms with Crippen LogP contribution in [0.25, 0.3) is 0 Å². The molecule has 0 saturated heterocycles. The number of benzene rings is 1. The van der Waals surface area contributed by atoms with Gasteiger partial charge in [0.15, 0.2) is 0 Å². The standard InChI is InChI=1S/C18H25N3O3/c1-2-19-16(22)12-20-17(23)14-9-6-10-15(11-14)21-18(24)13-7-4-3-5-8-13/h6,9-11,13H,2-5,7-8,12H2,1H3,(H,19,22)(H,20,23)(H,21,24). The Hall–Kier alpha value is -2.37. The molecule has 1 fully saturated rings. The summed E-state index contributed by atoms with van der Waals surface area (Å²) in [6.45, 7) is 2.28. The predicted molar refractivity (Wildman–Crippen MR) is 92.7 cm³/mol. The number of likely N-dealkylation sites (N-methyl/N-ethyl adjacent to an activating group) is 1. The van der Waals surface area contributed by atoms with Crippen molar-refractivity contribution in [2.45, 2.75) is 39.0 Å². The van der Waals surface area contributed by atoms with E-state index in [1.807, 2.05) is 6.92 Å². The van der Waals surface area contributed by atoms with Crippen molar-refractivity contribution < 1.29 is 14.4 Å². The number of nitrogens with one attached hydrogen (secondary N) is 3. The molecule has 24 heavy (non-hydrogen) atoms. The SMILES string of the molecule is CCNC(=O)CNC(=O)c1cccc(NC(=O)C2CCCCC2)c1. The third-order valence-electron chi connectivity index (χ3n) is 4.15. The second-order valence-electron chi connectivity index (χ2n) is 6.04. The van der Waals surface area contributed by atoms with Gasteiger partial charge in [0.2, 0.25) is 11.8 Å². The maximum absolute atomic E-state index is 12.3. The first kappa shape index (κ1) is 18.0. The summed E-state index contributed by atoms with van der Waals surface area (Å²) in [6.07, 6.45) is 5.25. The van der Waals surface area contributed by atoms with Crippen molar-refractivity contribution in [2.75, 3.05) is 18.4 Å². The van der Waals surface area contributed by atoms with Crippen LogP contribution in [0.2, 0.25) is 0 Å². The molecule has 0 heterocycles. The smallest absolute Gasteiger partial charge is 0.251 e. The molecule has 1 saturated carbocycles. The minimum Gasteiger partial charge on any atom is -0.355 e. The number of carbonyl (C=O) groups is 3. The molecular weight excluding hydrogens is 306 g/mol. The topological polar surface area (TPSA) is 87.3 Å². The first-order chi connectivity index (χ1) is 11.6. The molecule has 130 valence electrons. The molecule has 1 aromatic rings. The highest BCUT2D eigenvalue weighted by atomic mass is 16.2. The molecule has 0 spiro atoms. The zero-order valence-corrected chi connectivity index (χ0v) is 14.1. The Morgan fingerprint density at radius 2 is 1.83 bits per heavy atom. The molecule has 1 aliphatic carbocycles. The molecule has 2 rings (SSSR count). The summed E-state index contributed by atoms with van der Waals surface area (Å²) in [4.78, 5) is 35.7. The summed E-state index contributed by atoms with van der Waals surface area (Å²) in [6, 6.07) is 6.77. The highest BCUT2D eigenvalue weighted by molar-refractivity contribution is 5.99. The van der Waals surface area contributed by atoms with Crippen LogP contribution in [0.4, 0.5) is 5.69 Å². The summed E-state index contributed by atoms with van der Waals surface area (Å²) in [7, 11) is 0. The van der Waals surface area contributed by atoms with Gasteiger partial charge in [-0.05, 0) is 38.0 Å². The maximum atomic E-state index is 12.3. The van der Waals surface area contributed by atoms with Crippen LogP contribution in [0, 0.1) is 5.92 Å². The summed E-state index contributed by atoms with van der Waals surface area (Å²) in [5.74, 6) is -0.480. The van der Waals surface area contributed by atoms with Crippen molar-refractivity contribution in [3.8, 4) is 0 Å². The van der Waals surface area contributed by atoms with Crippen molar-refractivity contribution in [1.29, 1.82) is 0 Å². The highest BCUT2D eigenvalue weighted by Gasteiger charge is 2.21. The molecule has 0 aromatic heterocycles. The van der Waals surface area contributed by atoms with E-state index in [1.165, 1.54) is 6.42 Å². The number of carbonyl (C=O) groups excluding carboxylic acids is 3. The normalized spacial score (nSPS) is 14.7. The molecule has 0 radical (unpaired) electrons. The van der Waals surface area contributed by atoms with Gasteiger partial charge in [-0.25, -0.2) is 0 Å². The number of hydrogen-bond acceptors (Lipinski definition) is 3. The zero-order valence-electron chi connectivity index (χ0n) is 14.1. The van der Waals surface area contributed by atoms with Crippen LogP contribution in [0.5, 0.6) is 0 Å². The summed E-state index contributed by atoms with van der Waals surface area (Å²) in [5, 5.41) is 8.07. The average Bonchev–Trinajstić information content (AvgIpc) is 2.61. The summed E-state index contributed by atoms with van der Waals surface area (Å²) < 4.78 is 0. The Balaban J connectivity index is 1.91. The Kier molecular flexibility index (Phi) is 6.78. The molecule has 3 amide bonds. The number of hydrogen-bond donors (Lipinski definition) is 3. The van der Waals surface area contributed by atoms with Crippen LogP contribution in [0.15, 0.2) is 24.3 Å². The van der Waals surface area contributed by atoms with Gasteiger partial charge in [0, 0.05) is 23.7 Å². The average molecular weight is 331 g/mol. The minimum absolute atomic E-state index is 0.0228. The molecule has 6 heteroatoms. The maximum Gasteiger partial charge on any atom is 0.251 e. The zero-order chi connectivity index (χ0) is 17.4. The lowest BCUT2D eigenvalue weighted by molar-refractivity contribution is -0.121. The van der Waals surface area contributed by atoms with Gasteiger partial charge in [-0.1, -0.05) is 25.3 Å². The third-order valence-corrected chi connectivity index (χ3v) is 4.15. The lowest BCUT2D eigenvalue weighted by Gasteiger charge is -2.20. The Morgan fingerprint density at radius 3 is 2.54 bits per heavy atom. The summed E-state index contributed by atoms with van der Waals surface area (Å²) >= 11 is 0. The third kappa shape index (κ3) is 5.37. The highest BCUT2D eigenvalue weighted by Crippen LogP contribution is 2.25. The molecule has 0 atom stereocenters. The van der Waals surface area contributed by atoms with Crippen LogP contribution in [-0.2, 0) is 9.59 Å². The van der Waals surface area contributed by atoms with Crippen LogP contribution in [0.3, 0.4) is 0 Å². The molecule has 0 aliphatic heterocycles. The van der Waals surface area contributed by atoms with Crippen molar-refractivity contribution in [2.24, 2.45) is 5.92 Å². The minimum atomic E-state index is -0.338. The molecule has 1 aliphatic rings. The summed E-state index contributed by atoms with van der Waals surface area (Å²) in [5.41, 5.74) is 1.02. The second kappa shape index (κ2) is 9.05. The van der Waals surface area contributed by atoms with E-state index in [0.717, 1.165) is 25.7 Å². The molecular formula is C18H25N3O3. The van der Waals surface area contributed by atoms with E-state index in [9.17, 15) is 14.4 Å². The molecule has 0 bridgehead atoms. The number of anilines is 1. The molecule has 6 nitrogen and oxygen atoms in total. The van der Waals surface area contributed by atoms with Crippen molar-refractivity contribution in [3.63, 3.8) is 0 Å². The van der Waals surface area contributed by atoms with E-state index in [4.69, 9.17) is 0 Å². The van der Waals surface area contributed by atoms with Crippen molar-refractivity contribution in [3.05, 3.63) is 29.8 Å². The van der Waals surface area contributed by atoms with Gasteiger partial charge >= 0.3 is 0 Å². The predicted octanol–water partition coefficient (Wildman–Crippen LogP) is 2.07. The van der Waals surface area contributed by atoms with E-state index in [0.29, 0.717) is 17.8 Å². The van der Waals surface area contributed by atoms with E-state index in [2.05, 4.69) is 16.0 Å². The number of rotatable bonds is 6. The Bertz CT molecular complexity index is 595. The Labute approximate surface area is 142 Å². The fraction of sp³-hybridized carbons (Fsp3) is 0.500. The first-order valence-electron chi connectivity index (χ1n) is 8.56.